The van der Waals surface area contributed by atoms with E-state index in [1.54, 1.807) is 14.2 Å². The molecule has 8 bridgehead atoms. The zero-order chi connectivity index (χ0) is 45.4. The molecule has 7 heteroatoms. The number of nitrogens with zero attached hydrogens (tertiary/aromatic N) is 4. The number of hydrogen-bond donors (Lipinski definition) is 0. The Labute approximate surface area is 397 Å². The molecule has 10 rings (SSSR count). The van der Waals surface area contributed by atoms with Gasteiger partial charge in [0.05, 0.1) is 37.0 Å². The number of fused-ring (bicyclic) bond motifs is 9. The summed E-state index contributed by atoms with van der Waals surface area (Å²) in [6, 6.07) is 32.4. The van der Waals surface area contributed by atoms with Crippen molar-refractivity contribution in [1.82, 2.24) is 19.9 Å². The summed E-state index contributed by atoms with van der Waals surface area (Å²) >= 11 is 0. The fraction of sp³-hybridized carbons (Fsp3) is 0.186. The van der Waals surface area contributed by atoms with Crippen LogP contribution in [0.15, 0.2) is 91.0 Å². The van der Waals surface area contributed by atoms with Crippen molar-refractivity contribution in [2.75, 3.05) is 14.2 Å². The van der Waals surface area contributed by atoms with Gasteiger partial charge in [-0.3, -0.25) is 0 Å². The van der Waals surface area contributed by atoms with Crippen LogP contribution in [0.2, 0.25) is 0 Å². The van der Waals surface area contributed by atoms with Crippen molar-refractivity contribution >= 4 is 57.1 Å². The quantitative estimate of drug-likeness (QED) is 0.155. The van der Waals surface area contributed by atoms with Gasteiger partial charge in [0.2, 0.25) is 0 Å². The zero-order valence-corrected chi connectivity index (χ0v) is 40.4. The van der Waals surface area contributed by atoms with Gasteiger partial charge in [0.15, 0.2) is 0 Å². The van der Waals surface area contributed by atoms with Gasteiger partial charge in [-0.2, -0.15) is 0 Å². The third-order valence-corrected chi connectivity index (χ3v) is 13.1. The van der Waals surface area contributed by atoms with Crippen LogP contribution >= 0.6 is 0 Å². The number of methoxy groups -OCH3 is 2. The molecule has 6 nitrogen and oxygen atoms in total. The van der Waals surface area contributed by atoms with Crippen LogP contribution in [0.4, 0.5) is 0 Å². The minimum Gasteiger partial charge on any atom is -0.657 e. The zero-order valence-electron chi connectivity index (χ0n) is 39.4. The van der Waals surface area contributed by atoms with Gasteiger partial charge >= 0.3 is 16.5 Å². The molecular weight excluding hydrogens is 855 g/mol. The minimum atomic E-state index is 0. The number of benzene rings is 5. The van der Waals surface area contributed by atoms with E-state index in [-0.39, 0.29) is 16.5 Å². The number of aromatic nitrogens is 4. The normalized spacial score (nSPS) is 11.9. The molecule has 3 aromatic heterocycles. The fourth-order valence-electron chi connectivity index (χ4n) is 10.7. The Balaban J connectivity index is 0.00000548. The Kier molecular flexibility index (Phi) is 11.5. The Bertz CT molecular complexity index is 3440. The Morgan fingerprint density at radius 3 is 1.09 bits per heavy atom. The second-order valence-corrected chi connectivity index (χ2v) is 17.9. The number of rotatable bonds is 6. The van der Waals surface area contributed by atoms with E-state index in [2.05, 4.69) is 165 Å². The van der Waals surface area contributed by atoms with Crippen molar-refractivity contribution in [1.29, 1.82) is 0 Å². The van der Waals surface area contributed by atoms with Crippen molar-refractivity contribution in [3.05, 3.63) is 164 Å². The van der Waals surface area contributed by atoms with Gasteiger partial charge in [-0.15, -0.1) is 22.1 Å². The van der Waals surface area contributed by atoms with E-state index in [0.717, 1.165) is 112 Å². The average Bonchev–Trinajstić information content (AvgIpc) is 4.11. The molecule has 66 heavy (non-hydrogen) atoms. The van der Waals surface area contributed by atoms with Crippen molar-refractivity contribution in [3.63, 3.8) is 0 Å². The Morgan fingerprint density at radius 1 is 0.364 bits per heavy atom. The van der Waals surface area contributed by atoms with Gasteiger partial charge in [0, 0.05) is 5.39 Å². The van der Waals surface area contributed by atoms with Crippen LogP contribution in [0.1, 0.15) is 72.8 Å². The van der Waals surface area contributed by atoms with E-state index in [1.165, 1.54) is 50.1 Å². The van der Waals surface area contributed by atoms with Crippen molar-refractivity contribution in [2.45, 2.75) is 62.3 Å². The van der Waals surface area contributed by atoms with E-state index < -0.39 is 0 Å². The van der Waals surface area contributed by atoms with Gasteiger partial charge in [-0.25, -0.2) is 9.97 Å². The summed E-state index contributed by atoms with van der Waals surface area (Å²) in [5, 5.41) is 1.94. The summed E-state index contributed by atoms with van der Waals surface area (Å²) in [5.74, 6) is 1.52. The van der Waals surface area contributed by atoms with Crippen molar-refractivity contribution < 1.29 is 26.0 Å². The maximum Gasteiger partial charge on any atom is 2.00 e. The molecule has 0 saturated carbocycles. The van der Waals surface area contributed by atoms with E-state index in [0.29, 0.717) is 0 Å². The molecule has 0 aliphatic carbocycles. The summed E-state index contributed by atoms with van der Waals surface area (Å²) in [6.45, 7) is 19.6. The van der Waals surface area contributed by atoms with Gasteiger partial charge in [-0.05, 0) is 194 Å². The van der Waals surface area contributed by atoms with Gasteiger partial charge in [0.1, 0.15) is 11.5 Å². The van der Waals surface area contributed by atoms with Gasteiger partial charge < -0.3 is 19.4 Å². The predicted octanol–water partition coefficient (Wildman–Crippen LogP) is 14.5. The van der Waals surface area contributed by atoms with E-state index in [4.69, 9.17) is 29.4 Å². The van der Waals surface area contributed by atoms with Gasteiger partial charge in [0.25, 0.3) is 0 Å². The summed E-state index contributed by atoms with van der Waals surface area (Å²) in [7, 11) is 3.41. The van der Waals surface area contributed by atoms with Crippen LogP contribution in [0.5, 0.6) is 11.5 Å². The second kappa shape index (κ2) is 17.1. The minimum absolute atomic E-state index is 0. The Morgan fingerprint density at radius 2 is 0.727 bits per heavy atom. The number of ether oxygens (including phenoxy) is 2. The predicted molar refractivity (Wildman–Crippen MR) is 272 cm³/mol. The van der Waals surface area contributed by atoms with Crippen molar-refractivity contribution in [3.8, 4) is 56.0 Å². The summed E-state index contributed by atoms with van der Waals surface area (Å²) in [5.41, 5.74) is 25.6. The fourth-order valence-corrected chi connectivity index (χ4v) is 10.7. The third-order valence-electron chi connectivity index (χ3n) is 13.1. The molecule has 5 aromatic carbocycles. The smallest absolute Gasteiger partial charge is 0.657 e. The molecule has 0 N–H and O–H groups in total. The first-order valence-corrected chi connectivity index (χ1v) is 22.3. The molecule has 330 valence electrons. The van der Waals surface area contributed by atoms with E-state index >= 15 is 0 Å². The molecule has 0 fully saturated rings. The maximum absolute atomic E-state index is 5.92. The maximum atomic E-state index is 5.92. The number of hydrogen-bond acceptors (Lipinski definition) is 4. The van der Waals surface area contributed by atoms with E-state index in [1.807, 2.05) is 12.1 Å². The molecular formula is C59H52N4NiO2. The van der Waals surface area contributed by atoms with E-state index in [9.17, 15) is 0 Å². The molecule has 2 aliphatic heterocycles. The SMILES string of the molecule is COc1ccc2c(OC)ccc(-c3c4nc(c(-c5c(C)cc(C)cc5C)c5ccc([n-]5)c(-c5c(C)cc(C)cc5C)c5nc(c(-c6c(C)cc(C)cc6C)c6ccc3[n-]6)C=C5)C=C4)c2c1.[Ni+2]. The summed E-state index contributed by atoms with van der Waals surface area (Å²) in [4.78, 5) is 22.5. The van der Waals surface area contributed by atoms with Crippen LogP contribution in [-0.2, 0) is 16.5 Å². The standard InChI is InChI=1S/C59H52N4O2.Ni/c1-31-24-34(4)53(35(5)25-31)57-46-17-15-44(60-46)56(42-14-23-52(65-11)41-13-12-40(64-10)30-43(41)42)45-16-18-47(61-45)58(54-36(6)26-32(2)27-37(54)7)49-20-22-51(63-49)59(50-21-19-48(57)62-50)55-38(8)28-33(3)29-39(55)9;/h12-30H,1-11H3;/q-2;+2. The molecule has 0 amide bonds. The monoisotopic (exact) mass is 906 g/mol. The molecule has 0 unspecified atom stereocenters. The Hall–Kier alpha value is -6.95. The first kappa shape index (κ1) is 44.3. The van der Waals surface area contributed by atoms with Crippen LogP contribution < -0.4 is 19.4 Å². The van der Waals surface area contributed by atoms with Crippen LogP contribution in [0.25, 0.3) is 102 Å². The molecule has 5 heterocycles. The summed E-state index contributed by atoms with van der Waals surface area (Å²) < 4.78 is 11.7. The molecule has 2 aliphatic rings. The molecule has 8 aromatic rings. The first-order chi connectivity index (χ1) is 31.3. The van der Waals surface area contributed by atoms with Gasteiger partial charge in [-0.1, -0.05) is 83.4 Å². The topological polar surface area (TPSA) is 72.4 Å². The largest absolute Gasteiger partial charge is 2.00 e. The molecule has 0 saturated heterocycles. The first-order valence-electron chi connectivity index (χ1n) is 22.3. The van der Waals surface area contributed by atoms with Crippen molar-refractivity contribution in [2.24, 2.45) is 0 Å². The second-order valence-electron chi connectivity index (χ2n) is 17.9. The summed E-state index contributed by atoms with van der Waals surface area (Å²) in [6.07, 6.45) is 8.60. The van der Waals surface area contributed by atoms with Crippen LogP contribution in [0.3, 0.4) is 0 Å². The third kappa shape index (κ3) is 7.46. The average molecular weight is 908 g/mol. The van der Waals surface area contributed by atoms with Crippen LogP contribution in [0, 0.1) is 62.3 Å². The van der Waals surface area contributed by atoms with Crippen LogP contribution in [-0.4, -0.2) is 24.2 Å². The molecule has 0 radical (unpaired) electrons. The molecule has 0 spiro atoms. The number of aryl methyl sites for hydroxylation is 9. The molecule has 0 atom stereocenters.